The molecule has 0 amide bonds. The molecule has 28 heavy (non-hydrogen) atoms. The van der Waals surface area contributed by atoms with Crippen molar-refractivity contribution in [2.24, 2.45) is 0 Å². The number of aliphatic hydroxyl groups is 2. The summed E-state index contributed by atoms with van der Waals surface area (Å²) in [6, 6.07) is 0. The summed E-state index contributed by atoms with van der Waals surface area (Å²) in [5.41, 5.74) is 4.67. The van der Waals surface area contributed by atoms with Gasteiger partial charge < -0.3 is 35.4 Å². The first kappa shape index (κ1) is 20.8. The van der Waals surface area contributed by atoms with Crippen LogP contribution >= 0.6 is 15.4 Å². The van der Waals surface area contributed by atoms with E-state index in [1.165, 1.54) is 0 Å². The summed E-state index contributed by atoms with van der Waals surface area (Å²) in [6.07, 6.45) is -4.02. The fourth-order valence-corrected chi connectivity index (χ4v) is 4.36. The highest BCUT2D eigenvalue weighted by molar-refractivity contribution is 7.65. The van der Waals surface area contributed by atoms with E-state index in [1.807, 2.05) is 0 Å². The molecule has 3 heterocycles. The van der Waals surface area contributed by atoms with Crippen LogP contribution in [0.3, 0.4) is 0 Å². The molecule has 0 radical (unpaired) electrons. The number of phosphoric acid groups is 1. The van der Waals surface area contributed by atoms with Gasteiger partial charge in [0.1, 0.15) is 18.3 Å². The molecule has 3 rings (SSSR count). The summed E-state index contributed by atoms with van der Waals surface area (Å²) >= 11 is 0. The Morgan fingerprint density at radius 2 is 2.04 bits per heavy atom. The Bertz CT molecular complexity index is 1080. The van der Waals surface area contributed by atoms with E-state index >= 15 is 0 Å². The molecule has 1 fully saturated rings. The Morgan fingerprint density at radius 1 is 1.36 bits per heavy atom. The largest absolute Gasteiger partial charge is 0.756 e. The molecule has 0 saturated carbocycles. The number of nitrogens with zero attached hydrogens (tertiary/aromatic N) is 3. The van der Waals surface area contributed by atoms with E-state index in [9.17, 15) is 33.9 Å². The van der Waals surface area contributed by atoms with E-state index in [1.54, 1.807) is 0 Å². The first-order chi connectivity index (χ1) is 12.9. The highest BCUT2D eigenvalue weighted by Crippen LogP contribution is 2.56. The van der Waals surface area contributed by atoms with Gasteiger partial charge in [-0.3, -0.25) is 23.5 Å². The third-order valence-corrected chi connectivity index (χ3v) is 5.99. The van der Waals surface area contributed by atoms with Gasteiger partial charge in [-0.2, -0.15) is 4.98 Å². The van der Waals surface area contributed by atoms with Crippen molar-refractivity contribution in [3.05, 3.63) is 28.6 Å². The fourth-order valence-electron chi connectivity index (χ4n) is 2.57. The third-order valence-electron chi connectivity index (χ3n) is 3.68. The number of ether oxygens (including phenoxy) is 1. The van der Waals surface area contributed by atoms with Gasteiger partial charge in [0.2, 0.25) is 5.95 Å². The van der Waals surface area contributed by atoms with E-state index in [4.69, 9.17) is 15.4 Å². The highest BCUT2D eigenvalue weighted by Gasteiger charge is 2.43. The highest BCUT2D eigenvalue weighted by atomic mass is 31.3. The van der Waals surface area contributed by atoms with Crippen molar-refractivity contribution in [2.75, 3.05) is 5.73 Å². The zero-order valence-corrected chi connectivity index (χ0v) is 15.4. The second kappa shape index (κ2) is 7.15. The normalized spacial score (nSPS) is 29.9. The van der Waals surface area contributed by atoms with Gasteiger partial charge in [-0.05, 0) is 6.08 Å². The van der Waals surface area contributed by atoms with Crippen molar-refractivity contribution in [3.8, 4) is 0 Å². The molecule has 2 aromatic heterocycles. The lowest BCUT2D eigenvalue weighted by Crippen LogP contribution is -2.30. The van der Waals surface area contributed by atoms with Crippen LogP contribution in [0.25, 0.3) is 11.2 Å². The number of nitrogens with two attached hydrogens (primary N) is 1. The smallest absolute Gasteiger partial charge is 0.357 e. The van der Waals surface area contributed by atoms with E-state index in [-0.39, 0.29) is 17.1 Å². The third kappa shape index (κ3) is 4.22. The number of nitrogen functional groups attached to an aromatic ring is 1. The number of fused-ring (bicyclic) bond motifs is 1. The summed E-state index contributed by atoms with van der Waals surface area (Å²) in [4.78, 5) is 50.2. The van der Waals surface area contributed by atoms with Crippen molar-refractivity contribution in [1.82, 2.24) is 19.5 Å². The van der Waals surface area contributed by atoms with Crippen LogP contribution in [0, 0.1) is 0 Å². The van der Waals surface area contributed by atoms with Crippen LogP contribution in [0.2, 0.25) is 0 Å². The van der Waals surface area contributed by atoms with Crippen LogP contribution < -0.4 is 16.2 Å². The molecular weight excluding hydrogens is 424 g/mol. The predicted octanol–water partition coefficient (Wildman–Crippen LogP) is -2.50. The number of aromatic amines is 1. The fraction of sp³-hybridized carbons (Fsp3) is 0.364. The maximum Gasteiger partial charge on any atom is 0.357 e. The minimum absolute atomic E-state index is 0.0501. The Labute approximate surface area is 154 Å². The predicted molar refractivity (Wildman–Crippen MR) is 88.4 cm³/mol. The molecule has 1 aliphatic heterocycles. The van der Waals surface area contributed by atoms with Crippen LogP contribution in [0.15, 0.2) is 23.0 Å². The van der Waals surface area contributed by atoms with Gasteiger partial charge in [-0.15, -0.1) is 0 Å². The Kier molecular flexibility index (Phi) is 5.31. The van der Waals surface area contributed by atoms with E-state index < -0.39 is 45.5 Å². The molecule has 0 aromatic carbocycles. The number of aliphatic hydroxyl groups excluding tert-OH is 2. The Balaban J connectivity index is 1.87. The lowest BCUT2D eigenvalue weighted by molar-refractivity contribution is -0.211. The molecule has 17 heteroatoms. The SMILES string of the molecule is Nc1nc2c(ncn2[C@@H]2O[C@H](/C=C\P(=O)(O)OP(=O)([O-])O)[C@H](O)C2O)c(=O)[nH]1. The van der Waals surface area contributed by atoms with Crippen LogP contribution in [0.4, 0.5) is 5.95 Å². The van der Waals surface area contributed by atoms with Gasteiger partial charge in [0.05, 0.1) is 6.33 Å². The number of hydrogen-bond acceptors (Lipinski definition) is 11. The van der Waals surface area contributed by atoms with Crippen molar-refractivity contribution < 1.29 is 43.1 Å². The Hall–Kier alpha value is -1.93. The topological polar surface area (TPSA) is 246 Å². The molecule has 1 aliphatic rings. The second-order valence-electron chi connectivity index (χ2n) is 5.70. The van der Waals surface area contributed by atoms with Crippen LogP contribution in [0.5, 0.6) is 0 Å². The van der Waals surface area contributed by atoms with Crippen LogP contribution in [0.1, 0.15) is 6.23 Å². The van der Waals surface area contributed by atoms with Crippen molar-refractivity contribution in [2.45, 2.75) is 24.5 Å². The van der Waals surface area contributed by atoms with Gasteiger partial charge in [0, 0.05) is 5.82 Å². The van der Waals surface area contributed by atoms with E-state index in [0.29, 0.717) is 5.82 Å². The number of rotatable bonds is 5. The van der Waals surface area contributed by atoms with Gasteiger partial charge in [0.25, 0.3) is 13.4 Å². The van der Waals surface area contributed by atoms with Crippen molar-refractivity contribution in [1.29, 1.82) is 0 Å². The van der Waals surface area contributed by atoms with Crippen molar-refractivity contribution in [3.63, 3.8) is 0 Å². The number of H-pyrrole nitrogens is 1. The molecule has 0 aliphatic carbocycles. The molecule has 3 unspecified atom stereocenters. The summed E-state index contributed by atoms with van der Waals surface area (Å²) in [7, 11) is -10.4. The number of nitrogens with one attached hydrogen (secondary N) is 1. The number of hydrogen-bond donors (Lipinski definition) is 6. The lowest BCUT2D eigenvalue weighted by atomic mass is 10.1. The zero-order chi connectivity index (χ0) is 20.9. The minimum atomic E-state index is -5.50. The van der Waals surface area contributed by atoms with Gasteiger partial charge in [-0.25, -0.2) is 9.29 Å². The summed E-state index contributed by atoms with van der Waals surface area (Å²) in [6.45, 7) is 0. The van der Waals surface area contributed by atoms with Crippen molar-refractivity contribution >= 4 is 32.5 Å². The molecule has 0 bridgehead atoms. The van der Waals surface area contributed by atoms with Crippen LogP contribution in [-0.4, -0.2) is 57.8 Å². The molecule has 6 atom stereocenters. The number of aromatic nitrogens is 4. The molecule has 15 nitrogen and oxygen atoms in total. The average Bonchev–Trinajstić information content (AvgIpc) is 3.06. The van der Waals surface area contributed by atoms with Crippen LogP contribution in [-0.2, 0) is 18.2 Å². The maximum atomic E-state index is 11.8. The standard InChI is InChI=1S/C11H15N5O10P2/c12-11-14-8-5(9(19)15-11)13-3-16(8)10-7(18)6(17)4(25-10)1-2-27(20,21)26-28(22,23)24/h1-4,6-7,10,17-18H,(H,20,21)(H2,22,23,24)(H3,12,14,15,19)/p-1/b2-1-/t4-,6+,7?,10-/m1/s1. The Morgan fingerprint density at radius 3 is 2.68 bits per heavy atom. The minimum Gasteiger partial charge on any atom is -0.756 e. The molecule has 0 spiro atoms. The zero-order valence-electron chi connectivity index (χ0n) is 13.6. The average molecular weight is 438 g/mol. The van der Waals surface area contributed by atoms with Gasteiger partial charge in [-0.1, -0.05) is 0 Å². The monoisotopic (exact) mass is 438 g/mol. The molecule has 1 saturated heterocycles. The maximum absolute atomic E-state index is 11.8. The number of anilines is 1. The number of imidazole rings is 1. The molecular formula is C11H14N5O10P2-. The molecule has 7 N–H and O–H groups in total. The first-order valence-corrected chi connectivity index (χ1v) is 10.5. The molecule has 154 valence electrons. The summed E-state index contributed by atoms with van der Waals surface area (Å²) in [5, 5.41) is 20.3. The second-order valence-corrected chi connectivity index (χ2v) is 8.72. The molecule has 2 aromatic rings. The lowest BCUT2D eigenvalue weighted by Gasteiger charge is -2.18. The van der Waals surface area contributed by atoms with E-state index in [2.05, 4.69) is 19.3 Å². The van der Waals surface area contributed by atoms with Gasteiger partial charge in [0.15, 0.2) is 17.4 Å². The summed E-state index contributed by atoms with van der Waals surface area (Å²) < 4.78 is 32.3. The quantitative estimate of drug-likeness (QED) is 0.265. The van der Waals surface area contributed by atoms with E-state index in [0.717, 1.165) is 17.0 Å². The summed E-state index contributed by atoms with van der Waals surface area (Å²) in [5.74, 6) is 0.136. The van der Waals surface area contributed by atoms with Gasteiger partial charge >= 0.3 is 7.60 Å². The first-order valence-electron chi connectivity index (χ1n) is 7.39.